The first-order valence-electron chi connectivity index (χ1n) is 8.21. The van der Waals surface area contributed by atoms with Crippen molar-refractivity contribution in [3.8, 4) is 0 Å². The number of carbonyl (C=O) groups excluding carboxylic acids is 1. The summed E-state index contributed by atoms with van der Waals surface area (Å²) in [4.78, 5) is 25.2. The number of benzene rings is 2. The van der Waals surface area contributed by atoms with Crippen LogP contribution in [0.1, 0.15) is 21.5 Å². The van der Waals surface area contributed by atoms with Crippen molar-refractivity contribution in [1.82, 2.24) is 0 Å². The number of aryl methyl sites for hydroxylation is 2. The Bertz CT molecular complexity index is 820. The Morgan fingerprint density at radius 1 is 1.23 bits per heavy atom. The number of nitrogens with one attached hydrogen (secondary N) is 1. The lowest BCUT2D eigenvalue weighted by molar-refractivity contribution is -0.384. The van der Waals surface area contributed by atoms with Gasteiger partial charge in [0.1, 0.15) is 5.69 Å². The molecule has 7 heteroatoms. The fraction of sp³-hybridized carbons (Fsp3) is 0.316. The number of nitro benzene ring substituents is 1. The SMILES string of the molecule is COCCNc1ccc(C(=O)N(C)c2cc(C)ccc2C)cc1[N+](=O)[O-]. The minimum absolute atomic E-state index is 0.138. The van der Waals surface area contributed by atoms with Crippen LogP contribution >= 0.6 is 0 Å². The summed E-state index contributed by atoms with van der Waals surface area (Å²) in [7, 11) is 3.22. The molecule has 0 spiro atoms. The Balaban J connectivity index is 2.32. The summed E-state index contributed by atoms with van der Waals surface area (Å²) in [6.45, 7) is 4.73. The molecular formula is C19H23N3O4. The minimum Gasteiger partial charge on any atom is -0.383 e. The van der Waals surface area contributed by atoms with Crippen molar-refractivity contribution in [2.24, 2.45) is 0 Å². The van der Waals surface area contributed by atoms with Crippen molar-refractivity contribution in [2.45, 2.75) is 13.8 Å². The van der Waals surface area contributed by atoms with Gasteiger partial charge in [-0.3, -0.25) is 14.9 Å². The molecule has 0 heterocycles. The molecule has 0 radical (unpaired) electrons. The summed E-state index contributed by atoms with van der Waals surface area (Å²) in [5, 5.41) is 14.3. The van der Waals surface area contributed by atoms with Gasteiger partial charge in [-0.05, 0) is 43.2 Å². The van der Waals surface area contributed by atoms with E-state index in [1.165, 1.54) is 11.0 Å². The highest BCUT2D eigenvalue weighted by Gasteiger charge is 2.21. The van der Waals surface area contributed by atoms with Gasteiger partial charge in [-0.2, -0.15) is 0 Å². The number of anilines is 2. The quantitative estimate of drug-likeness (QED) is 0.465. The summed E-state index contributed by atoms with van der Waals surface area (Å²) in [6, 6.07) is 10.3. The first-order valence-corrected chi connectivity index (χ1v) is 8.21. The van der Waals surface area contributed by atoms with Crippen LogP contribution in [0.25, 0.3) is 0 Å². The predicted molar refractivity (Wildman–Crippen MR) is 102 cm³/mol. The van der Waals surface area contributed by atoms with Crippen molar-refractivity contribution < 1.29 is 14.5 Å². The van der Waals surface area contributed by atoms with E-state index in [0.717, 1.165) is 16.8 Å². The Morgan fingerprint density at radius 2 is 1.96 bits per heavy atom. The van der Waals surface area contributed by atoms with E-state index in [9.17, 15) is 14.9 Å². The molecule has 26 heavy (non-hydrogen) atoms. The van der Waals surface area contributed by atoms with E-state index in [1.807, 2.05) is 32.0 Å². The van der Waals surface area contributed by atoms with Gasteiger partial charge in [-0.1, -0.05) is 12.1 Å². The second-order valence-electron chi connectivity index (χ2n) is 6.06. The maximum atomic E-state index is 12.8. The number of amides is 1. The molecule has 0 saturated carbocycles. The molecule has 2 rings (SSSR count). The molecule has 2 aromatic rings. The molecule has 2 aromatic carbocycles. The summed E-state index contributed by atoms with van der Waals surface area (Å²) >= 11 is 0. The number of hydrogen-bond donors (Lipinski definition) is 1. The summed E-state index contributed by atoms with van der Waals surface area (Å²) in [5.41, 5.74) is 3.25. The lowest BCUT2D eigenvalue weighted by Crippen LogP contribution is -2.27. The van der Waals surface area contributed by atoms with Crippen LogP contribution in [0.3, 0.4) is 0 Å². The number of ether oxygens (including phenoxy) is 1. The largest absolute Gasteiger partial charge is 0.383 e. The van der Waals surface area contributed by atoms with E-state index >= 15 is 0 Å². The zero-order valence-corrected chi connectivity index (χ0v) is 15.4. The Morgan fingerprint density at radius 3 is 2.62 bits per heavy atom. The standard InChI is InChI=1S/C19H23N3O4/c1-13-5-6-14(2)17(11-13)21(3)19(23)15-7-8-16(20-9-10-26-4)18(12-15)22(24)25/h5-8,11-12,20H,9-10H2,1-4H3. The molecule has 138 valence electrons. The van der Waals surface area contributed by atoms with Gasteiger partial charge in [0, 0.05) is 38.0 Å². The molecule has 7 nitrogen and oxygen atoms in total. The van der Waals surface area contributed by atoms with E-state index in [1.54, 1.807) is 26.3 Å². The third-order valence-corrected chi connectivity index (χ3v) is 4.09. The van der Waals surface area contributed by atoms with Crippen molar-refractivity contribution in [3.05, 3.63) is 63.2 Å². The zero-order valence-electron chi connectivity index (χ0n) is 15.4. The Labute approximate surface area is 152 Å². The van der Waals surface area contributed by atoms with Crippen LogP contribution in [0.4, 0.5) is 17.1 Å². The highest BCUT2D eigenvalue weighted by atomic mass is 16.6. The molecule has 0 aliphatic rings. The topological polar surface area (TPSA) is 84.7 Å². The average molecular weight is 357 g/mol. The predicted octanol–water partition coefficient (Wildman–Crippen LogP) is 3.55. The van der Waals surface area contributed by atoms with E-state index in [2.05, 4.69) is 5.32 Å². The van der Waals surface area contributed by atoms with Gasteiger partial charge in [0.25, 0.3) is 11.6 Å². The third-order valence-electron chi connectivity index (χ3n) is 4.09. The van der Waals surface area contributed by atoms with Gasteiger partial charge < -0.3 is 15.0 Å². The molecule has 1 amide bonds. The van der Waals surface area contributed by atoms with Gasteiger partial charge in [0.2, 0.25) is 0 Å². The number of carbonyl (C=O) groups is 1. The first-order chi connectivity index (χ1) is 12.3. The highest BCUT2D eigenvalue weighted by molar-refractivity contribution is 6.06. The van der Waals surface area contributed by atoms with Crippen LogP contribution in [-0.2, 0) is 4.74 Å². The van der Waals surface area contributed by atoms with Gasteiger partial charge >= 0.3 is 0 Å². The normalized spacial score (nSPS) is 10.5. The van der Waals surface area contributed by atoms with Crippen LogP contribution in [0, 0.1) is 24.0 Å². The van der Waals surface area contributed by atoms with Gasteiger partial charge in [-0.15, -0.1) is 0 Å². The number of nitro groups is 1. The Hall–Kier alpha value is -2.93. The van der Waals surface area contributed by atoms with Gasteiger partial charge in [-0.25, -0.2) is 0 Å². The fourth-order valence-corrected chi connectivity index (χ4v) is 2.64. The van der Waals surface area contributed by atoms with Crippen molar-refractivity contribution >= 4 is 23.0 Å². The summed E-state index contributed by atoms with van der Waals surface area (Å²) in [5.74, 6) is -0.301. The molecule has 1 N–H and O–H groups in total. The third kappa shape index (κ3) is 4.37. The maximum absolute atomic E-state index is 12.8. The summed E-state index contributed by atoms with van der Waals surface area (Å²) in [6.07, 6.45) is 0. The Kier molecular flexibility index (Phi) is 6.30. The zero-order chi connectivity index (χ0) is 19.3. The van der Waals surface area contributed by atoms with E-state index in [0.29, 0.717) is 18.8 Å². The lowest BCUT2D eigenvalue weighted by atomic mass is 10.1. The van der Waals surface area contributed by atoms with Crippen molar-refractivity contribution in [1.29, 1.82) is 0 Å². The van der Waals surface area contributed by atoms with E-state index in [4.69, 9.17) is 4.74 Å². The number of nitrogens with zero attached hydrogens (tertiary/aromatic N) is 2. The highest BCUT2D eigenvalue weighted by Crippen LogP contribution is 2.28. The lowest BCUT2D eigenvalue weighted by Gasteiger charge is -2.20. The molecule has 0 saturated heterocycles. The van der Waals surface area contributed by atoms with Crippen LogP contribution in [0.5, 0.6) is 0 Å². The first kappa shape index (κ1) is 19.4. The smallest absolute Gasteiger partial charge is 0.293 e. The van der Waals surface area contributed by atoms with Gasteiger partial charge in [0.15, 0.2) is 0 Å². The van der Waals surface area contributed by atoms with Crippen molar-refractivity contribution in [3.63, 3.8) is 0 Å². The van der Waals surface area contributed by atoms with Crippen molar-refractivity contribution in [2.75, 3.05) is 37.5 Å². The molecule has 0 fully saturated rings. The monoisotopic (exact) mass is 357 g/mol. The molecule has 0 aliphatic heterocycles. The second kappa shape index (κ2) is 8.44. The summed E-state index contributed by atoms with van der Waals surface area (Å²) < 4.78 is 4.93. The van der Waals surface area contributed by atoms with Crippen LogP contribution < -0.4 is 10.2 Å². The molecule has 0 atom stereocenters. The van der Waals surface area contributed by atoms with E-state index in [-0.39, 0.29) is 17.2 Å². The number of methoxy groups -OCH3 is 1. The average Bonchev–Trinajstić information content (AvgIpc) is 2.62. The molecule has 0 aromatic heterocycles. The minimum atomic E-state index is -0.496. The van der Waals surface area contributed by atoms with Crippen LogP contribution in [0.2, 0.25) is 0 Å². The molecular weight excluding hydrogens is 334 g/mol. The van der Waals surface area contributed by atoms with Gasteiger partial charge in [0.05, 0.1) is 11.5 Å². The number of rotatable bonds is 7. The second-order valence-corrected chi connectivity index (χ2v) is 6.06. The number of hydrogen-bond acceptors (Lipinski definition) is 5. The maximum Gasteiger partial charge on any atom is 0.293 e. The molecule has 0 aliphatic carbocycles. The van der Waals surface area contributed by atoms with E-state index < -0.39 is 4.92 Å². The fourth-order valence-electron chi connectivity index (χ4n) is 2.64. The van der Waals surface area contributed by atoms with Crippen LogP contribution in [0.15, 0.2) is 36.4 Å². The molecule has 0 unspecified atom stereocenters. The molecule has 0 bridgehead atoms. The van der Waals surface area contributed by atoms with Crippen LogP contribution in [-0.4, -0.2) is 38.1 Å².